The van der Waals surface area contributed by atoms with E-state index in [1.807, 2.05) is 6.92 Å². The molecule has 4 aromatic rings. The summed E-state index contributed by atoms with van der Waals surface area (Å²) in [6.07, 6.45) is 2.24. The molecule has 1 aliphatic rings. The number of ether oxygens (including phenoxy) is 3. The van der Waals surface area contributed by atoms with Gasteiger partial charge in [0, 0.05) is 30.9 Å². The van der Waals surface area contributed by atoms with Gasteiger partial charge in [0.2, 0.25) is 5.88 Å². The lowest BCUT2D eigenvalue weighted by Gasteiger charge is -2.37. The lowest BCUT2D eigenvalue weighted by Crippen LogP contribution is -2.44. The summed E-state index contributed by atoms with van der Waals surface area (Å²) in [5.74, 6) is -3.49. The van der Waals surface area contributed by atoms with E-state index in [0.717, 1.165) is 12.3 Å². The maximum Gasteiger partial charge on any atom is 0.345 e. The van der Waals surface area contributed by atoms with Crippen LogP contribution in [0.15, 0.2) is 36.7 Å². The number of halogens is 5. The van der Waals surface area contributed by atoms with Crippen LogP contribution in [-0.4, -0.2) is 71.9 Å². The van der Waals surface area contributed by atoms with Gasteiger partial charge in [0.15, 0.2) is 17.5 Å². The number of aromatic carboxylic acids is 1. The molecule has 0 spiro atoms. The van der Waals surface area contributed by atoms with Crippen LogP contribution in [0.2, 0.25) is 0 Å². The predicted octanol–water partition coefficient (Wildman–Crippen LogP) is 4.98. The third kappa shape index (κ3) is 7.81. The zero-order chi connectivity index (χ0) is 32.2. The Balaban J connectivity index is 1.26. The number of carboxylic acids is 1. The number of nitrogens with zero attached hydrogens (tertiary/aromatic N) is 6. The molecule has 0 bridgehead atoms. The number of benzene rings is 1. The predicted molar refractivity (Wildman–Crippen MR) is 147 cm³/mol. The number of aromatic nitrogens is 5. The van der Waals surface area contributed by atoms with Gasteiger partial charge >= 0.3 is 12.6 Å². The maximum absolute atomic E-state index is 14.9. The van der Waals surface area contributed by atoms with Crippen molar-refractivity contribution < 1.29 is 46.1 Å². The lowest BCUT2D eigenvalue weighted by molar-refractivity contribution is -0.160. The van der Waals surface area contributed by atoms with Crippen molar-refractivity contribution >= 4 is 17.0 Å². The molecule has 3 aromatic heterocycles. The molecular formula is C29H29F5N6O5. The Labute approximate surface area is 253 Å². The van der Waals surface area contributed by atoms with Gasteiger partial charge in [-0.3, -0.25) is 4.90 Å². The molecule has 0 saturated carbocycles. The molecule has 45 heavy (non-hydrogen) atoms. The van der Waals surface area contributed by atoms with E-state index in [4.69, 9.17) is 9.47 Å². The van der Waals surface area contributed by atoms with Crippen LogP contribution < -0.4 is 9.47 Å². The monoisotopic (exact) mass is 636 g/mol. The second-order valence-corrected chi connectivity index (χ2v) is 10.6. The van der Waals surface area contributed by atoms with E-state index in [1.54, 1.807) is 6.07 Å². The van der Waals surface area contributed by atoms with Gasteiger partial charge in [0.25, 0.3) is 5.88 Å². The number of hydrogen-bond acceptors (Lipinski definition) is 9. The zero-order valence-electron chi connectivity index (χ0n) is 24.2. The smallest absolute Gasteiger partial charge is 0.345 e. The van der Waals surface area contributed by atoms with Gasteiger partial charge in [0.1, 0.15) is 29.9 Å². The van der Waals surface area contributed by atoms with E-state index in [1.165, 1.54) is 23.8 Å². The Kier molecular flexibility index (Phi) is 9.72. The molecule has 1 saturated heterocycles. The van der Waals surface area contributed by atoms with Gasteiger partial charge in [-0.2, -0.15) is 13.8 Å². The standard InChI is InChI=1S/C29H29F5N6O5/c1-15-7-19(45-25-3-5-35-23(37-25)14-43-27-21(32)10-18(30)11-36-27)4-6-39(15)13-24-38-26-20(31)8-17(28(41)42)9-22(26)40(24)12-16(2)44-29(33)34/h3,5,8-11,15-16,19,29H,4,6-7,12-14H2,1-2H3,(H,41,42)/t15-,16+,19-/m0/s1. The van der Waals surface area contributed by atoms with Gasteiger partial charge in [0.05, 0.1) is 36.5 Å². The minimum absolute atomic E-state index is 0.0525. The van der Waals surface area contributed by atoms with Crippen LogP contribution in [0.25, 0.3) is 11.0 Å². The molecule has 11 nitrogen and oxygen atoms in total. The molecule has 0 unspecified atom stereocenters. The quantitative estimate of drug-likeness (QED) is 0.213. The number of rotatable bonds is 12. The van der Waals surface area contributed by atoms with Crippen molar-refractivity contribution in [1.82, 2.24) is 29.4 Å². The number of alkyl halides is 2. The fourth-order valence-electron chi connectivity index (χ4n) is 5.18. The average Bonchev–Trinajstić information content (AvgIpc) is 3.31. The highest BCUT2D eigenvalue weighted by atomic mass is 19.3. The van der Waals surface area contributed by atoms with Crippen LogP contribution in [-0.2, 0) is 24.4 Å². The Morgan fingerprint density at radius 1 is 1.13 bits per heavy atom. The first-order valence-corrected chi connectivity index (χ1v) is 14.0. The summed E-state index contributed by atoms with van der Waals surface area (Å²) in [5.41, 5.74) is -0.189. The van der Waals surface area contributed by atoms with Crippen molar-refractivity contribution in [1.29, 1.82) is 0 Å². The number of pyridine rings is 1. The molecule has 0 aliphatic carbocycles. The number of piperidine rings is 1. The highest BCUT2D eigenvalue weighted by molar-refractivity contribution is 5.92. The fraction of sp³-hybridized carbons (Fsp3) is 0.414. The van der Waals surface area contributed by atoms with Crippen molar-refractivity contribution in [2.75, 3.05) is 6.54 Å². The second-order valence-electron chi connectivity index (χ2n) is 10.6. The summed E-state index contributed by atoms with van der Waals surface area (Å²) < 4.78 is 85.0. The number of likely N-dealkylation sites (tertiary alicyclic amines) is 1. The molecule has 1 fully saturated rings. The zero-order valence-corrected chi connectivity index (χ0v) is 24.2. The molecule has 240 valence electrons. The molecule has 1 N–H and O–H groups in total. The maximum atomic E-state index is 14.9. The highest BCUT2D eigenvalue weighted by Gasteiger charge is 2.29. The molecule has 0 radical (unpaired) electrons. The fourth-order valence-corrected chi connectivity index (χ4v) is 5.18. The molecule has 1 aromatic carbocycles. The molecule has 4 heterocycles. The van der Waals surface area contributed by atoms with E-state index < -0.39 is 36.1 Å². The van der Waals surface area contributed by atoms with Crippen LogP contribution in [0.4, 0.5) is 22.0 Å². The first kappa shape index (κ1) is 32.0. The molecule has 3 atom stereocenters. The second kappa shape index (κ2) is 13.7. The van der Waals surface area contributed by atoms with Crippen molar-refractivity contribution in [2.45, 2.75) is 71.2 Å². The molecule has 0 amide bonds. The van der Waals surface area contributed by atoms with Crippen molar-refractivity contribution in [3.05, 3.63) is 71.3 Å². The van der Waals surface area contributed by atoms with Crippen molar-refractivity contribution in [2.24, 2.45) is 0 Å². The normalized spacial score (nSPS) is 18.0. The molecule has 16 heteroatoms. The van der Waals surface area contributed by atoms with E-state index in [9.17, 15) is 31.9 Å². The number of carbonyl (C=O) groups is 1. The highest BCUT2D eigenvalue weighted by Crippen LogP contribution is 2.27. The van der Waals surface area contributed by atoms with Crippen LogP contribution in [0.1, 0.15) is 48.7 Å². The third-order valence-corrected chi connectivity index (χ3v) is 7.30. The number of imidazole rings is 1. The van der Waals surface area contributed by atoms with Gasteiger partial charge in [-0.15, -0.1) is 0 Å². The summed E-state index contributed by atoms with van der Waals surface area (Å²) in [5, 5.41) is 9.42. The Bertz CT molecular complexity index is 1670. The average molecular weight is 637 g/mol. The van der Waals surface area contributed by atoms with Crippen LogP contribution >= 0.6 is 0 Å². The summed E-state index contributed by atoms with van der Waals surface area (Å²) in [6.45, 7) is 0.836. The molecule has 5 rings (SSSR count). The summed E-state index contributed by atoms with van der Waals surface area (Å²) in [7, 11) is 0. The molecular weight excluding hydrogens is 607 g/mol. The Morgan fingerprint density at radius 2 is 1.93 bits per heavy atom. The van der Waals surface area contributed by atoms with Gasteiger partial charge in [-0.1, -0.05) is 0 Å². The van der Waals surface area contributed by atoms with Gasteiger partial charge in [-0.25, -0.2) is 32.9 Å². The summed E-state index contributed by atoms with van der Waals surface area (Å²) >= 11 is 0. The van der Waals surface area contributed by atoms with Crippen LogP contribution in [0, 0.1) is 17.5 Å². The Hall–Kier alpha value is -4.44. The number of carboxylic acid groups (broad SMARTS) is 1. The van der Waals surface area contributed by atoms with Crippen LogP contribution in [0.5, 0.6) is 11.8 Å². The van der Waals surface area contributed by atoms with E-state index >= 15 is 0 Å². The largest absolute Gasteiger partial charge is 0.478 e. The summed E-state index contributed by atoms with van der Waals surface area (Å²) in [4.78, 5) is 30.0. The minimum atomic E-state index is -3.02. The van der Waals surface area contributed by atoms with E-state index in [-0.39, 0.29) is 66.0 Å². The van der Waals surface area contributed by atoms with E-state index in [2.05, 4.69) is 29.6 Å². The van der Waals surface area contributed by atoms with Crippen molar-refractivity contribution in [3.63, 3.8) is 0 Å². The van der Waals surface area contributed by atoms with Crippen LogP contribution in [0.3, 0.4) is 0 Å². The van der Waals surface area contributed by atoms with Crippen molar-refractivity contribution in [3.8, 4) is 11.8 Å². The molecule has 1 aliphatic heterocycles. The van der Waals surface area contributed by atoms with E-state index in [0.29, 0.717) is 31.3 Å². The first-order chi connectivity index (χ1) is 21.5. The third-order valence-electron chi connectivity index (χ3n) is 7.30. The van der Waals surface area contributed by atoms with Gasteiger partial charge < -0.3 is 23.9 Å². The number of fused-ring (bicyclic) bond motifs is 1. The minimum Gasteiger partial charge on any atom is -0.478 e. The summed E-state index contributed by atoms with van der Waals surface area (Å²) in [6, 6.07) is 4.32. The first-order valence-electron chi connectivity index (χ1n) is 14.0. The topological polar surface area (TPSA) is 125 Å². The SMILES string of the molecule is C[C@H](Cn1c(CN2CC[C@H](Oc3ccnc(COc4ncc(F)cc4F)n3)C[C@@H]2C)nc2c(F)cc(C(=O)O)cc21)OC(F)F. The lowest BCUT2D eigenvalue weighted by atomic mass is 10.0. The Morgan fingerprint density at radius 3 is 2.64 bits per heavy atom. The number of hydrogen-bond donors (Lipinski definition) is 1. The van der Waals surface area contributed by atoms with Gasteiger partial charge in [-0.05, 0) is 38.8 Å².